The Morgan fingerprint density at radius 1 is 1.04 bits per heavy atom. The summed E-state index contributed by atoms with van der Waals surface area (Å²) in [6.07, 6.45) is 3.22. The van der Waals surface area contributed by atoms with Gasteiger partial charge in [0.1, 0.15) is 0 Å². The minimum absolute atomic E-state index is 0.201. The van der Waals surface area contributed by atoms with E-state index in [0.717, 1.165) is 5.69 Å². The summed E-state index contributed by atoms with van der Waals surface area (Å²) in [5.41, 5.74) is 1.18. The second-order valence-corrected chi connectivity index (χ2v) is 6.17. The smallest absolute Gasteiger partial charge is 0.267 e. The SMILES string of the molecule is O=c1c2cnn(-c3ccccc3)c2cnn1C1CCC(F)(F)CC1. The summed E-state index contributed by atoms with van der Waals surface area (Å²) in [4.78, 5) is 12.7. The summed E-state index contributed by atoms with van der Waals surface area (Å²) in [7, 11) is 0. The second-order valence-electron chi connectivity index (χ2n) is 6.17. The Balaban J connectivity index is 1.74. The van der Waals surface area contributed by atoms with Gasteiger partial charge in [-0.3, -0.25) is 4.79 Å². The van der Waals surface area contributed by atoms with Crippen LogP contribution in [0, 0.1) is 0 Å². The number of nitrogens with zero attached hydrogens (tertiary/aromatic N) is 4. The summed E-state index contributed by atoms with van der Waals surface area (Å²) in [5, 5.41) is 8.96. The summed E-state index contributed by atoms with van der Waals surface area (Å²) < 4.78 is 29.6. The van der Waals surface area contributed by atoms with Crippen LogP contribution in [0.5, 0.6) is 0 Å². The molecule has 0 amide bonds. The molecule has 0 atom stereocenters. The molecule has 1 aliphatic carbocycles. The lowest BCUT2D eigenvalue weighted by atomic mass is 9.92. The maximum Gasteiger partial charge on any atom is 0.278 e. The molecule has 1 fully saturated rings. The Morgan fingerprint density at radius 3 is 2.46 bits per heavy atom. The van der Waals surface area contributed by atoms with Crippen LogP contribution in [-0.2, 0) is 0 Å². The Kier molecular flexibility index (Phi) is 3.44. The Hall–Kier alpha value is -2.57. The topological polar surface area (TPSA) is 52.7 Å². The van der Waals surface area contributed by atoms with Crippen LogP contribution in [0.3, 0.4) is 0 Å². The van der Waals surface area contributed by atoms with Crippen molar-refractivity contribution in [3.8, 4) is 5.69 Å². The van der Waals surface area contributed by atoms with E-state index in [9.17, 15) is 13.6 Å². The third-order valence-electron chi connectivity index (χ3n) is 4.58. The zero-order valence-corrected chi connectivity index (χ0v) is 12.9. The first-order chi connectivity index (χ1) is 11.6. The molecule has 0 unspecified atom stereocenters. The highest BCUT2D eigenvalue weighted by atomic mass is 19.3. The van der Waals surface area contributed by atoms with Crippen LogP contribution in [0.15, 0.2) is 47.5 Å². The fourth-order valence-corrected chi connectivity index (χ4v) is 3.24. The molecule has 2 heterocycles. The summed E-state index contributed by atoms with van der Waals surface area (Å²) in [6, 6.07) is 9.18. The Labute approximate surface area is 136 Å². The number of halogens is 2. The van der Waals surface area contributed by atoms with Gasteiger partial charge in [-0.25, -0.2) is 18.1 Å². The van der Waals surface area contributed by atoms with Gasteiger partial charge in [0.15, 0.2) is 0 Å². The molecule has 2 aromatic heterocycles. The Morgan fingerprint density at radius 2 is 1.75 bits per heavy atom. The van der Waals surface area contributed by atoms with E-state index >= 15 is 0 Å². The largest absolute Gasteiger partial charge is 0.278 e. The van der Waals surface area contributed by atoms with E-state index < -0.39 is 5.92 Å². The lowest BCUT2D eigenvalue weighted by Crippen LogP contribution is -2.33. The van der Waals surface area contributed by atoms with Crippen LogP contribution < -0.4 is 5.56 Å². The number of aromatic nitrogens is 4. The molecular formula is C17H16F2N4O. The average molecular weight is 330 g/mol. The number of hydrogen-bond donors (Lipinski definition) is 0. The molecule has 0 radical (unpaired) electrons. The van der Waals surface area contributed by atoms with Crippen molar-refractivity contribution < 1.29 is 8.78 Å². The number of alkyl halides is 2. The molecule has 3 aromatic rings. The van der Waals surface area contributed by atoms with Gasteiger partial charge in [-0.2, -0.15) is 10.2 Å². The van der Waals surface area contributed by atoms with Crippen molar-refractivity contribution in [1.82, 2.24) is 19.6 Å². The van der Waals surface area contributed by atoms with Crippen LogP contribution in [0.2, 0.25) is 0 Å². The van der Waals surface area contributed by atoms with Crippen molar-refractivity contribution in [1.29, 1.82) is 0 Å². The molecular weight excluding hydrogens is 314 g/mol. The van der Waals surface area contributed by atoms with Crippen LogP contribution in [-0.4, -0.2) is 25.5 Å². The minimum Gasteiger partial charge on any atom is -0.267 e. The number of benzene rings is 1. The predicted octanol–water partition coefficient (Wildman–Crippen LogP) is 3.33. The normalized spacial score (nSPS) is 18.1. The molecule has 0 spiro atoms. The molecule has 124 valence electrons. The van der Waals surface area contributed by atoms with E-state index in [1.54, 1.807) is 10.9 Å². The lowest BCUT2D eigenvalue weighted by molar-refractivity contribution is -0.0453. The third kappa shape index (κ3) is 2.50. The minimum atomic E-state index is -2.62. The molecule has 1 aliphatic rings. The van der Waals surface area contributed by atoms with E-state index in [-0.39, 0.29) is 37.3 Å². The van der Waals surface area contributed by atoms with Crippen molar-refractivity contribution in [3.63, 3.8) is 0 Å². The number of fused-ring (bicyclic) bond motifs is 1. The van der Waals surface area contributed by atoms with E-state index in [4.69, 9.17) is 0 Å². The first-order valence-corrected chi connectivity index (χ1v) is 7.94. The standard InChI is InChI=1S/C17H16F2N4O/c18-17(19)8-6-13(7-9-17)23-16(24)14-10-20-22(15(14)11-21-23)12-4-2-1-3-5-12/h1-5,10-11,13H,6-9H2. The van der Waals surface area contributed by atoms with Gasteiger partial charge in [0, 0.05) is 12.8 Å². The fourth-order valence-electron chi connectivity index (χ4n) is 3.24. The zero-order chi connectivity index (χ0) is 16.7. The zero-order valence-electron chi connectivity index (χ0n) is 12.9. The first kappa shape index (κ1) is 15.0. The third-order valence-corrected chi connectivity index (χ3v) is 4.58. The van der Waals surface area contributed by atoms with Gasteiger partial charge in [0.2, 0.25) is 5.92 Å². The number of para-hydroxylation sites is 1. The van der Waals surface area contributed by atoms with Gasteiger partial charge in [0.25, 0.3) is 5.56 Å². The highest BCUT2D eigenvalue weighted by Crippen LogP contribution is 2.37. The van der Waals surface area contributed by atoms with Crippen molar-refractivity contribution >= 4 is 10.9 Å². The second kappa shape index (κ2) is 5.51. The van der Waals surface area contributed by atoms with Gasteiger partial charge in [-0.15, -0.1) is 0 Å². The van der Waals surface area contributed by atoms with Crippen LogP contribution in [0.4, 0.5) is 8.78 Å². The fraction of sp³-hybridized carbons (Fsp3) is 0.353. The maximum atomic E-state index is 13.3. The number of hydrogen-bond acceptors (Lipinski definition) is 3. The first-order valence-electron chi connectivity index (χ1n) is 7.94. The highest BCUT2D eigenvalue weighted by molar-refractivity contribution is 5.78. The predicted molar refractivity (Wildman–Crippen MR) is 85.6 cm³/mol. The monoisotopic (exact) mass is 330 g/mol. The van der Waals surface area contributed by atoms with Crippen LogP contribution >= 0.6 is 0 Å². The Bertz CT molecular complexity index is 923. The molecule has 0 bridgehead atoms. The average Bonchev–Trinajstić information content (AvgIpc) is 3.01. The van der Waals surface area contributed by atoms with Gasteiger partial charge in [-0.05, 0) is 25.0 Å². The van der Waals surface area contributed by atoms with Crippen LogP contribution in [0.1, 0.15) is 31.7 Å². The summed E-state index contributed by atoms with van der Waals surface area (Å²) in [6.45, 7) is 0. The van der Waals surface area contributed by atoms with E-state index in [1.165, 1.54) is 10.9 Å². The molecule has 7 heteroatoms. The van der Waals surface area contributed by atoms with Crippen molar-refractivity contribution in [2.24, 2.45) is 0 Å². The van der Waals surface area contributed by atoms with E-state index in [1.807, 2.05) is 30.3 Å². The molecule has 1 saturated carbocycles. The molecule has 5 nitrogen and oxygen atoms in total. The van der Waals surface area contributed by atoms with Crippen molar-refractivity contribution in [2.75, 3.05) is 0 Å². The molecule has 0 aliphatic heterocycles. The van der Waals surface area contributed by atoms with Gasteiger partial charge >= 0.3 is 0 Å². The maximum absolute atomic E-state index is 13.3. The van der Waals surface area contributed by atoms with Crippen molar-refractivity contribution in [2.45, 2.75) is 37.6 Å². The summed E-state index contributed by atoms with van der Waals surface area (Å²) in [5.74, 6) is -2.62. The number of rotatable bonds is 2. The van der Waals surface area contributed by atoms with Gasteiger partial charge < -0.3 is 0 Å². The summed E-state index contributed by atoms with van der Waals surface area (Å²) >= 11 is 0. The molecule has 4 rings (SSSR count). The van der Waals surface area contributed by atoms with E-state index in [0.29, 0.717) is 10.9 Å². The van der Waals surface area contributed by atoms with Gasteiger partial charge in [-0.1, -0.05) is 18.2 Å². The van der Waals surface area contributed by atoms with Gasteiger partial charge in [0.05, 0.1) is 35.0 Å². The van der Waals surface area contributed by atoms with E-state index in [2.05, 4.69) is 10.2 Å². The molecule has 0 N–H and O–H groups in total. The highest BCUT2D eigenvalue weighted by Gasteiger charge is 2.36. The molecule has 24 heavy (non-hydrogen) atoms. The molecule has 1 aromatic carbocycles. The van der Waals surface area contributed by atoms with Crippen molar-refractivity contribution in [3.05, 3.63) is 53.1 Å². The van der Waals surface area contributed by atoms with Crippen LogP contribution in [0.25, 0.3) is 16.6 Å². The molecule has 0 saturated heterocycles. The quantitative estimate of drug-likeness (QED) is 0.724. The lowest BCUT2D eigenvalue weighted by Gasteiger charge is -2.28.